The zero-order valence-electron chi connectivity index (χ0n) is 10.6. The van der Waals surface area contributed by atoms with Gasteiger partial charge in [-0.15, -0.1) is 0 Å². The lowest BCUT2D eigenvalue weighted by atomic mass is 10.2. The van der Waals surface area contributed by atoms with Gasteiger partial charge < -0.3 is 14.6 Å². The highest BCUT2D eigenvalue weighted by Gasteiger charge is 2.35. The number of aliphatic imine (C=N–C) groups is 1. The number of phenols is 1. The van der Waals surface area contributed by atoms with Crippen molar-refractivity contribution in [3.05, 3.63) is 29.6 Å². The summed E-state index contributed by atoms with van der Waals surface area (Å²) in [5.41, 5.74) is 0.124. The van der Waals surface area contributed by atoms with E-state index in [9.17, 15) is 14.3 Å². The number of hydrogen-bond donors (Lipinski definition) is 1. The van der Waals surface area contributed by atoms with Crippen LogP contribution in [-0.4, -0.2) is 35.7 Å². The van der Waals surface area contributed by atoms with Crippen LogP contribution in [0.1, 0.15) is 19.4 Å². The minimum atomic E-state index is -0.794. The van der Waals surface area contributed by atoms with E-state index in [-0.39, 0.29) is 23.8 Å². The number of rotatable bonds is 3. The second-order valence-corrected chi connectivity index (χ2v) is 4.12. The first-order valence-electron chi connectivity index (χ1n) is 5.93. The van der Waals surface area contributed by atoms with Gasteiger partial charge in [-0.3, -0.25) is 0 Å². The molecule has 0 bridgehead atoms. The molecular formula is C13H14FNO4. The van der Waals surface area contributed by atoms with E-state index in [4.69, 9.17) is 9.47 Å². The summed E-state index contributed by atoms with van der Waals surface area (Å²) in [6.07, 6.45) is -0.517. The van der Waals surface area contributed by atoms with Crippen molar-refractivity contribution < 1.29 is 23.8 Å². The van der Waals surface area contributed by atoms with E-state index in [1.165, 1.54) is 6.07 Å². The van der Waals surface area contributed by atoms with Gasteiger partial charge in [0.1, 0.15) is 17.7 Å². The van der Waals surface area contributed by atoms with Gasteiger partial charge in [0.25, 0.3) is 0 Å². The summed E-state index contributed by atoms with van der Waals surface area (Å²) in [6.45, 7) is 3.61. The van der Waals surface area contributed by atoms with Crippen LogP contribution < -0.4 is 0 Å². The molecule has 0 spiro atoms. The maximum atomic E-state index is 13.2. The molecule has 1 N–H and O–H groups in total. The third kappa shape index (κ3) is 2.67. The molecule has 2 rings (SSSR count). The second kappa shape index (κ2) is 5.26. The Morgan fingerprint density at radius 3 is 3.00 bits per heavy atom. The van der Waals surface area contributed by atoms with E-state index in [1.54, 1.807) is 13.8 Å². The fourth-order valence-corrected chi connectivity index (χ4v) is 1.79. The van der Waals surface area contributed by atoms with Gasteiger partial charge in [0.2, 0.25) is 5.90 Å². The highest BCUT2D eigenvalue weighted by Crippen LogP contribution is 2.25. The van der Waals surface area contributed by atoms with E-state index in [1.807, 2.05) is 0 Å². The Bertz CT molecular complexity index is 529. The molecule has 0 aromatic heterocycles. The minimum absolute atomic E-state index is 0.0440. The maximum Gasteiger partial charge on any atom is 0.334 e. The number of carbonyl (C=O) groups excluding carboxylic acids is 1. The van der Waals surface area contributed by atoms with E-state index >= 15 is 0 Å². The van der Waals surface area contributed by atoms with Crippen LogP contribution in [0.15, 0.2) is 23.2 Å². The normalized spacial score (nSPS) is 21.7. The van der Waals surface area contributed by atoms with Crippen LogP contribution in [0.25, 0.3) is 0 Å². The molecule has 0 saturated carbocycles. The molecule has 5 nitrogen and oxygen atoms in total. The van der Waals surface area contributed by atoms with Gasteiger partial charge >= 0.3 is 5.97 Å². The second-order valence-electron chi connectivity index (χ2n) is 4.12. The smallest absolute Gasteiger partial charge is 0.334 e. The molecular weight excluding hydrogens is 253 g/mol. The van der Waals surface area contributed by atoms with Crippen molar-refractivity contribution in [1.29, 1.82) is 0 Å². The van der Waals surface area contributed by atoms with Gasteiger partial charge in [0.15, 0.2) is 6.04 Å². The molecule has 0 fully saturated rings. The first-order valence-corrected chi connectivity index (χ1v) is 5.93. The number of halogens is 1. The summed E-state index contributed by atoms with van der Waals surface area (Å²) in [5.74, 6) is -1.13. The molecule has 0 radical (unpaired) electrons. The number of benzene rings is 1. The van der Waals surface area contributed by atoms with Crippen LogP contribution in [0.4, 0.5) is 4.39 Å². The molecule has 1 heterocycles. The van der Waals surface area contributed by atoms with Gasteiger partial charge in [0, 0.05) is 0 Å². The predicted octanol–water partition coefficient (Wildman–Crippen LogP) is 1.63. The van der Waals surface area contributed by atoms with Crippen molar-refractivity contribution in [2.75, 3.05) is 6.61 Å². The lowest BCUT2D eigenvalue weighted by molar-refractivity contribution is -0.145. The Balaban J connectivity index is 2.29. The summed E-state index contributed by atoms with van der Waals surface area (Å²) in [7, 11) is 0. The summed E-state index contributed by atoms with van der Waals surface area (Å²) in [4.78, 5) is 15.7. The van der Waals surface area contributed by atoms with Gasteiger partial charge in [-0.2, -0.15) is 0 Å². The van der Waals surface area contributed by atoms with Crippen molar-refractivity contribution in [1.82, 2.24) is 0 Å². The minimum Gasteiger partial charge on any atom is -0.507 e. The number of ether oxygens (including phenoxy) is 2. The third-order valence-electron chi connectivity index (χ3n) is 2.72. The molecule has 1 aromatic rings. The standard InChI is InChI=1S/C13H14FNO4/c1-3-18-13(17)11-7(2)19-12(15-11)9-6-8(14)4-5-10(9)16/h4-7,11,16H,3H2,1-2H3/t7-,11-/m1/s1. The molecule has 0 aliphatic carbocycles. The summed E-state index contributed by atoms with van der Waals surface area (Å²) in [6, 6.07) is 2.64. The van der Waals surface area contributed by atoms with Gasteiger partial charge in [-0.1, -0.05) is 0 Å². The monoisotopic (exact) mass is 267 g/mol. The summed E-state index contributed by atoms with van der Waals surface area (Å²) >= 11 is 0. The number of hydrogen-bond acceptors (Lipinski definition) is 5. The number of carbonyl (C=O) groups is 1. The fraction of sp³-hybridized carbons (Fsp3) is 0.385. The van der Waals surface area contributed by atoms with E-state index in [0.717, 1.165) is 12.1 Å². The van der Waals surface area contributed by atoms with Crippen molar-refractivity contribution >= 4 is 11.9 Å². The van der Waals surface area contributed by atoms with Crippen molar-refractivity contribution in [3.8, 4) is 5.75 Å². The SMILES string of the molecule is CCOC(=O)[C@@H]1N=C(c2cc(F)ccc2O)O[C@@H]1C. The number of aromatic hydroxyl groups is 1. The van der Waals surface area contributed by atoms with Crippen LogP contribution >= 0.6 is 0 Å². The van der Waals surface area contributed by atoms with E-state index < -0.39 is 23.9 Å². The molecule has 0 amide bonds. The first kappa shape index (κ1) is 13.3. The Kier molecular flexibility index (Phi) is 3.69. The molecule has 1 aliphatic rings. The predicted molar refractivity (Wildman–Crippen MR) is 65.6 cm³/mol. The zero-order valence-corrected chi connectivity index (χ0v) is 10.6. The first-order chi connectivity index (χ1) is 9.02. The number of esters is 1. The average molecular weight is 267 g/mol. The maximum absolute atomic E-state index is 13.2. The molecule has 6 heteroatoms. The topological polar surface area (TPSA) is 68.1 Å². The molecule has 0 unspecified atom stereocenters. The van der Waals surface area contributed by atoms with Crippen LogP contribution in [0, 0.1) is 5.82 Å². The van der Waals surface area contributed by atoms with Gasteiger partial charge in [-0.25, -0.2) is 14.2 Å². The highest BCUT2D eigenvalue weighted by molar-refractivity contribution is 6.00. The van der Waals surface area contributed by atoms with Crippen LogP contribution in [-0.2, 0) is 14.3 Å². The van der Waals surface area contributed by atoms with Crippen molar-refractivity contribution in [2.24, 2.45) is 4.99 Å². The fourth-order valence-electron chi connectivity index (χ4n) is 1.79. The number of nitrogens with zero attached hydrogens (tertiary/aromatic N) is 1. The largest absolute Gasteiger partial charge is 0.507 e. The Hall–Kier alpha value is -2.11. The van der Waals surface area contributed by atoms with Crippen LogP contribution in [0.3, 0.4) is 0 Å². The lowest BCUT2D eigenvalue weighted by Gasteiger charge is -2.11. The van der Waals surface area contributed by atoms with Crippen LogP contribution in [0.5, 0.6) is 5.75 Å². The quantitative estimate of drug-likeness (QED) is 0.845. The Morgan fingerprint density at radius 2 is 2.32 bits per heavy atom. The van der Waals surface area contributed by atoms with Crippen molar-refractivity contribution in [3.63, 3.8) is 0 Å². The summed E-state index contributed by atoms with van der Waals surface area (Å²) in [5, 5.41) is 9.67. The van der Waals surface area contributed by atoms with Gasteiger partial charge in [-0.05, 0) is 32.0 Å². The molecule has 2 atom stereocenters. The Labute approximate surface area is 109 Å². The van der Waals surface area contributed by atoms with Gasteiger partial charge in [0.05, 0.1) is 12.2 Å². The lowest BCUT2D eigenvalue weighted by Crippen LogP contribution is -2.29. The summed E-state index contributed by atoms with van der Waals surface area (Å²) < 4.78 is 23.4. The molecule has 102 valence electrons. The molecule has 19 heavy (non-hydrogen) atoms. The average Bonchev–Trinajstić information content (AvgIpc) is 2.74. The third-order valence-corrected chi connectivity index (χ3v) is 2.72. The highest BCUT2D eigenvalue weighted by atomic mass is 19.1. The number of phenolic OH excluding ortho intramolecular Hbond substituents is 1. The van der Waals surface area contributed by atoms with E-state index in [0.29, 0.717) is 0 Å². The van der Waals surface area contributed by atoms with Crippen molar-refractivity contribution in [2.45, 2.75) is 26.0 Å². The zero-order chi connectivity index (χ0) is 14.0. The molecule has 1 aromatic carbocycles. The molecule has 1 aliphatic heterocycles. The Morgan fingerprint density at radius 1 is 1.58 bits per heavy atom. The molecule has 0 saturated heterocycles. The van der Waals surface area contributed by atoms with E-state index in [2.05, 4.69) is 4.99 Å². The van der Waals surface area contributed by atoms with Crippen LogP contribution in [0.2, 0.25) is 0 Å².